The van der Waals surface area contributed by atoms with Crippen LogP contribution >= 0.6 is 0 Å². The van der Waals surface area contributed by atoms with E-state index in [1.807, 2.05) is 0 Å². The molecule has 8 nitrogen and oxygen atoms in total. The number of sulfonamides is 1. The lowest BCUT2D eigenvalue weighted by Gasteiger charge is -2.16. The van der Waals surface area contributed by atoms with Crippen molar-refractivity contribution >= 4 is 26.7 Å². The number of anilines is 1. The summed E-state index contributed by atoms with van der Waals surface area (Å²) < 4.78 is 66.4. The van der Waals surface area contributed by atoms with E-state index >= 15 is 0 Å². The number of ether oxygens (including phenoxy) is 1. The first kappa shape index (κ1) is 23.2. The highest BCUT2D eigenvalue weighted by Gasteiger charge is 2.18. The third kappa shape index (κ3) is 4.20. The van der Waals surface area contributed by atoms with Gasteiger partial charge >= 0.3 is 0 Å². The Morgan fingerprint density at radius 3 is 2.42 bits per heavy atom. The number of benzene rings is 3. The van der Waals surface area contributed by atoms with Gasteiger partial charge in [-0.3, -0.25) is 14.1 Å². The van der Waals surface area contributed by atoms with E-state index in [9.17, 15) is 22.0 Å². The fourth-order valence-corrected chi connectivity index (χ4v) is 4.85. The van der Waals surface area contributed by atoms with Crippen molar-refractivity contribution < 1.29 is 26.5 Å². The molecule has 0 amide bonds. The van der Waals surface area contributed by atoms with E-state index in [2.05, 4.69) is 14.4 Å². The molecule has 0 atom stereocenters. The van der Waals surface area contributed by atoms with Crippen LogP contribution in [0.2, 0.25) is 0 Å². The van der Waals surface area contributed by atoms with Crippen LogP contribution in [0.15, 0.2) is 93.3 Å². The molecule has 0 radical (unpaired) electrons. The Morgan fingerprint density at radius 2 is 1.69 bits per heavy atom. The van der Waals surface area contributed by atoms with Crippen LogP contribution in [0.25, 0.3) is 27.7 Å². The van der Waals surface area contributed by atoms with Crippen LogP contribution in [0.1, 0.15) is 0 Å². The minimum absolute atomic E-state index is 0.0333. The SMILES string of the molecule is COc1cc(-c2ccc(F)c(F)c2)ccc1-n1c(=O)ccc2cc(S(=O)(=O)Nc3ccon3)ccc21. The summed E-state index contributed by atoms with van der Waals surface area (Å²) in [7, 11) is -2.54. The number of hydrogen-bond donors (Lipinski definition) is 1. The highest BCUT2D eigenvalue weighted by Crippen LogP contribution is 2.32. The van der Waals surface area contributed by atoms with E-state index in [0.29, 0.717) is 33.5 Å². The molecule has 0 saturated heterocycles. The molecule has 2 heterocycles. The number of nitrogens with zero attached hydrogens (tertiary/aromatic N) is 2. The Kier molecular flexibility index (Phi) is 5.77. The third-order valence-electron chi connectivity index (χ3n) is 5.53. The molecule has 0 spiro atoms. The Morgan fingerprint density at radius 1 is 0.917 bits per heavy atom. The highest BCUT2D eigenvalue weighted by molar-refractivity contribution is 7.92. The summed E-state index contributed by atoms with van der Waals surface area (Å²) in [5.74, 6) is -1.60. The smallest absolute Gasteiger partial charge is 0.263 e. The second-order valence-corrected chi connectivity index (χ2v) is 9.42. The van der Waals surface area contributed by atoms with Gasteiger partial charge in [0, 0.05) is 17.5 Å². The fourth-order valence-electron chi connectivity index (χ4n) is 3.82. The largest absolute Gasteiger partial charge is 0.495 e. The van der Waals surface area contributed by atoms with E-state index in [4.69, 9.17) is 4.74 Å². The normalized spacial score (nSPS) is 11.5. The maximum absolute atomic E-state index is 13.7. The van der Waals surface area contributed by atoms with Gasteiger partial charge in [-0.05, 0) is 59.7 Å². The summed E-state index contributed by atoms with van der Waals surface area (Å²) in [6.07, 6.45) is 1.24. The lowest BCUT2D eigenvalue weighted by molar-refractivity contribution is 0.413. The van der Waals surface area contributed by atoms with Crippen molar-refractivity contribution in [1.82, 2.24) is 9.72 Å². The number of aromatic nitrogens is 2. The van der Waals surface area contributed by atoms with Crippen molar-refractivity contribution in [3.8, 4) is 22.6 Å². The molecule has 0 fully saturated rings. The second kappa shape index (κ2) is 8.93. The lowest BCUT2D eigenvalue weighted by atomic mass is 10.0. The number of fused-ring (bicyclic) bond motifs is 1. The van der Waals surface area contributed by atoms with E-state index in [1.54, 1.807) is 18.2 Å². The molecule has 5 rings (SSSR count). The number of halogens is 2. The molecule has 0 unspecified atom stereocenters. The van der Waals surface area contributed by atoms with Crippen LogP contribution in [-0.2, 0) is 10.0 Å². The molecule has 0 bridgehead atoms. The van der Waals surface area contributed by atoms with Gasteiger partial charge in [0.25, 0.3) is 15.6 Å². The first-order valence-corrected chi connectivity index (χ1v) is 12.0. The van der Waals surface area contributed by atoms with Crippen molar-refractivity contribution in [2.45, 2.75) is 4.90 Å². The number of hydrogen-bond acceptors (Lipinski definition) is 6. The summed E-state index contributed by atoms with van der Waals surface area (Å²) in [6, 6.07) is 16.9. The Bertz CT molecular complexity index is 1770. The zero-order valence-electron chi connectivity index (χ0n) is 18.6. The molecular weight excluding hydrogens is 492 g/mol. The molecule has 5 aromatic rings. The minimum atomic E-state index is -3.96. The molecule has 0 aliphatic carbocycles. The molecule has 0 saturated carbocycles. The Labute approximate surface area is 203 Å². The second-order valence-electron chi connectivity index (χ2n) is 7.73. The monoisotopic (exact) mass is 509 g/mol. The van der Waals surface area contributed by atoms with Crippen molar-refractivity contribution in [3.63, 3.8) is 0 Å². The van der Waals surface area contributed by atoms with Gasteiger partial charge in [-0.15, -0.1) is 0 Å². The molecular formula is C25H17F2N3O5S. The standard InChI is InChI=1S/C25H17F2N3O5S/c1-34-23-14-16(15-2-6-19(26)20(27)13-15)3-7-22(23)30-21-8-5-18(12-17(21)4-9-25(30)31)36(32,33)29-24-10-11-35-28-24/h2-14H,1H3,(H,28,29). The predicted molar refractivity (Wildman–Crippen MR) is 129 cm³/mol. The molecule has 0 aliphatic heterocycles. The Balaban J connectivity index is 1.61. The average molecular weight is 509 g/mol. The fraction of sp³-hybridized carbons (Fsp3) is 0.0400. The van der Waals surface area contributed by atoms with Crippen LogP contribution in [0, 0.1) is 11.6 Å². The van der Waals surface area contributed by atoms with Crippen LogP contribution in [0.5, 0.6) is 5.75 Å². The van der Waals surface area contributed by atoms with Gasteiger partial charge in [-0.1, -0.05) is 17.3 Å². The van der Waals surface area contributed by atoms with Crippen molar-refractivity contribution in [3.05, 3.63) is 101 Å². The van der Waals surface area contributed by atoms with Crippen LogP contribution in [-0.4, -0.2) is 25.3 Å². The number of rotatable bonds is 6. The van der Waals surface area contributed by atoms with Gasteiger partial charge in [-0.2, -0.15) is 0 Å². The minimum Gasteiger partial charge on any atom is -0.495 e. The number of nitrogens with one attached hydrogen (secondary N) is 1. The maximum Gasteiger partial charge on any atom is 0.263 e. The average Bonchev–Trinajstić information content (AvgIpc) is 3.37. The summed E-state index contributed by atoms with van der Waals surface area (Å²) in [5.41, 5.74) is 1.42. The van der Waals surface area contributed by atoms with Crippen molar-refractivity contribution in [1.29, 1.82) is 0 Å². The van der Waals surface area contributed by atoms with Crippen LogP contribution in [0.4, 0.5) is 14.6 Å². The molecule has 3 aromatic carbocycles. The molecule has 0 aliphatic rings. The van der Waals surface area contributed by atoms with Crippen LogP contribution < -0.4 is 15.0 Å². The topological polar surface area (TPSA) is 103 Å². The van der Waals surface area contributed by atoms with Gasteiger partial charge in [0.1, 0.15) is 12.0 Å². The summed E-state index contributed by atoms with van der Waals surface area (Å²) in [6.45, 7) is 0. The van der Waals surface area contributed by atoms with E-state index in [0.717, 1.165) is 12.1 Å². The van der Waals surface area contributed by atoms with Gasteiger partial charge in [-0.25, -0.2) is 17.2 Å². The highest BCUT2D eigenvalue weighted by atomic mass is 32.2. The predicted octanol–water partition coefficient (Wildman–Crippen LogP) is 4.73. The molecule has 36 heavy (non-hydrogen) atoms. The van der Waals surface area contributed by atoms with Gasteiger partial charge < -0.3 is 9.26 Å². The van der Waals surface area contributed by atoms with E-state index < -0.39 is 21.7 Å². The summed E-state index contributed by atoms with van der Waals surface area (Å²) >= 11 is 0. The zero-order valence-corrected chi connectivity index (χ0v) is 19.4. The first-order chi connectivity index (χ1) is 17.3. The van der Waals surface area contributed by atoms with E-state index in [1.165, 1.54) is 60.4 Å². The summed E-state index contributed by atoms with van der Waals surface area (Å²) in [4.78, 5) is 12.9. The molecule has 11 heteroatoms. The zero-order chi connectivity index (χ0) is 25.4. The third-order valence-corrected chi connectivity index (χ3v) is 6.88. The van der Waals surface area contributed by atoms with Gasteiger partial charge in [0.05, 0.1) is 23.2 Å². The van der Waals surface area contributed by atoms with Gasteiger partial charge in [0.15, 0.2) is 17.5 Å². The number of pyridine rings is 1. The molecule has 1 N–H and O–H groups in total. The first-order valence-electron chi connectivity index (χ1n) is 10.5. The lowest BCUT2D eigenvalue weighted by Crippen LogP contribution is -2.18. The van der Waals surface area contributed by atoms with Crippen molar-refractivity contribution in [2.75, 3.05) is 11.8 Å². The summed E-state index contributed by atoms with van der Waals surface area (Å²) in [5, 5.41) is 4.02. The van der Waals surface area contributed by atoms with Crippen LogP contribution in [0.3, 0.4) is 0 Å². The maximum atomic E-state index is 13.7. The molecule has 182 valence electrons. The number of methoxy groups -OCH3 is 1. The van der Waals surface area contributed by atoms with Gasteiger partial charge in [0.2, 0.25) is 0 Å². The molecule has 2 aromatic heterocycles. The van der Waals surface area contributed by atoms with E-state index in [-0.39, 0.29) is 16.3 Å². The Hall–Kier alpha value is -4.51. The quantitative estimate of drug-likeness (QED) is 0.355. The van der Waals surface area contributed by atoms with Crippen molar-refractivity contribution in [2.24, 2.45) is 0 Å².